The van der Waals surface area contributed by atoms with Crippen LogP contribution in [0.3, 0.4) is 0 Å². The Morgan fingerprint density at radius 1 is 1.29 bits per heavy atom. The lowest BCUT2D eigenvalue weighted by Gasteiger charge is -2.15. The van der Waals surface area contributed by atoms with Crippen molar-refractivity contribution in [3.05, 3.63) is 11.6 Å². The van der Waals surface area contributed by atoms with Gasteiger partial charge in [-0.15, -0.1) is 0 Å². The van der Waals surface area contributed by atoms with E-state index in [9.17, 15) is 0 Å². The molecule has 0 aliphatic carbocycles. The van der Waals surface area contributed by atoms with Crippen LogP contribution >= 0.6 is 0 Å². The van der Waals surface area contributed by atoms with Crippen LogP contribution in [0.15, 0.2) is 11.6 Å². The summed E-state index contributed by atoms with van der Waals surface area (Å²) in [6.45, 7) is 2.15. The fourth-order valence-corrected chi connectivity index (χ4v) is 1.40. The maximum atomic E-state index is 9.09. The van der Waals surface area contributed by atoms with E-state index in [2.05, 4.69) is 6.92 Å². The molecule has 3 heteroatoms. The minimum atomic E-state index is -0.0816. The van der Waals surface area contributed by atoms with Crippen molar-refractivity contribution in [2.45, 2.75) is 32.6 Å². The molecule has 0 rings (SSSR count). The molecule has 0 fully saturated rings. The lowest BCUT2D eigenvalue weighted by Crippen LogP contribution is -2.14. The fraction of sp³-hybridized carbons (Fsp3) is 0.818. The molecule has 3 N–H and O–H groups in total. The summed E-state index contributed by atoms with van der Waals surface area (Å²) in [5, 5.41) is 26.9. The van der Waals surface area contributed by atoms with E-state index in [0.29, 0.717) is 6.42 Å². The Balaban J connectivity index is 4.11. The molecule has 14 heavy (non-hydrogen) atoms. The average molecular weight is 202 g/mol. The third kappa shape index (κ3) is 5.37. The average Bonchev–Trinajstić information content (AvgIpc) is 2.22. The molecule has 1 unspecified atom stereocenters. The molecule has 0 aliphatic heterocycles. The molecule has 0 aliphatic rings. The molecule has 3 nitrogen and oxygen atoms in total. The summed E-state index contributed by atoms with van der Waals surface area (Å²) in [6, 6.07) is 0. The van der Waals surface area contributed by atoms with Crippen molar-refractivity contribution >= 4 is 0 Å². The largest absolute Gasteiger partial charge is 0.396 e. The molecule has 1 atom stereocenters. The number of allylic oxidation sites excluding steroid dienone is 1. The quantitative estimate of drug-likeness (QED) is 0.408. The molecule has 0 radical (unpaired) electrons. The normalized spacial score (nSPS) is 14.4. The zero-order chi connectivity index (χ0) is 10.8. The van der Waals surface area contributed by atoms with Crippen molar-refractivity contribution in [3.8, 4) is 0 Å². The number of rotatable bonds is 8. The first kappa shape index (κ1) is 13.6. The maximum Gasteiger partial charge on any atom is 0.0645 e. The van der Waals surface area contributed by atoms with Crippen molar-refractivity contribution in [3.63, 3.8) is 0 Å². The van der Waals surface area contributed by atoms with Gasteiger partial charge in [-0.2, -0.15) is 0 Å². The SMILES string of the molecule is CCCC/C=C(/CO)C(CO)CCO. The zero-order valence-electron chi connectivity index (χ0n) is 8.95. The van der Waals surface area contributed by atoms with Gasteiger partial charge in [0.25, 0.3) is 0 Å². The highest BCUT2D eigenvalue weighted by atomic mass is 16.3. The Labute approximate surface area is 86.1 Å². The summed E-state index contributed by atoms with van der Waals surface area (Å²) in [5.41, 5.74) is 0.856. The van der Waals surface area contributed by atoms with Gasteiger partial charge in [-0.05, 0) is 18.4 Å². The standard InChI is InChI=1S/C11H22O3/c1-2-3-4-5-10(8-13)11(9-14)6-7-12/h5,11-14H,2-4,6-9H2,1H3/b10-5-. The third-order valence-electron chi connectivity index (χ3n) is 2.37. The summed E-state index contributed by atoms with van der Waals surface area (Å²) in [5.74, 6) is -0.0816. The number of hydrogen-bond acceptors (Lipinski definition) is 3. The smallest absolute Gasteiger partial charge is 0.0645 e. The third-order valence-corrected chi connectivity index (χ3v) is 2.37. The molecule has 0 aromatic carbocycles. The Morgan fingerprint density at radius 2 is 2.00 bits per heavy atom. The van der Waals surface area contributed by atoms with Crippen molar-refractivity contribution in [1.82, 2.24) is 0 Å². The fourth-order valence-electron chi connectivity index (χ4n) is 1.40. The van der Waals surface area contributed by atoms with Crippen LogP contribution in [0.25, 0.3) is 0 Å². The highest BCUT2D eigenvalue weighted by molar-refractivity contribution is 5.07. The van der Waals surface area contributed by atoms with Crippen LogP contribution in [0.2, 0.25) is 0 Å². The van der Waals surface area contributed by atoms with E-state index < -0.39 is 0 Å². The van der Waals surface area contributed by atoms with Crippen LogP contribution in [0, 0.1) is 5.92 Å². The summed E-state index contributed by atoms with van der Waals surface area (Å²) in [7, 11) is 0. The van der Waals surface area contributed by atoms with Gasteiger partial charge in [0.05, 0.1) is 6.61 Å². The van der Waals surface area contributed by atoms with Gasteiger partial charge in [0.2, 0.25) is 0 Å². The number of aliphatic hydroxyl groups is 3. The van der Waals surface area contributed by atoms with E-state index in [1.165, 1.54) is 0 Å². The Morgan fingerprint density at radius 3 is 2.43 bits per heavy atom. The first-order valence-corrected chi connectivity index (χ1v) is 5.31. The van der Waals surface area contributed by atoms with E-state index in [1.54, 1.807) is 0 Å². The summed E-state index contributed by atoms with van der Waals surface area (Å²) < 4.78 is 0. The van der Waals surface area contributed by atoms with E-state index in [-0.39, 0.29) is 25.7 Å². The first-order valence-electron chi connectivity index (χ1n) is 5.31. The molecular formula is C11H22O3. The van der Waals surface area contributed by atoms with E-state index >= 15 is 0 Å². The van der Waals surface area contributed by atoms with Gasteiger partial charge in [0, 0.05) is 19.1 Å². The molecule has 0 bridgehead atoms. The van der Waals surface area contributed by atoms with Crippen LogP contribution < -0.4 is 0 Å². The second-order valence-corrected chi connectivity index (χ2v) is 3.47. The second-order valence-electron chi connectivity index (χ2n) is 3.47. The van der Waals surface area contributed by atoms with Crippen LogP contribution in [0.5, 0.6) is 0 Å². The van der Waals surface area contributed by atoms with Crippen molar-refractivity contribution < 1.29 is 15.3 Å². The molecule has 0 saturated heterocycles. The molecule has 0 heterocycles. The molecule has 0 saturated carbocycles. The van der Waals surface area contributed by atoms with Gasteiger partial charge in [0.1, 0.15) is 0 Å². The molecule has 0 amide bonds. The van der Waals surface area contributed by atoms with E-state index in [1.807, 2.05) is 6.08 Å². The molecule has 0 spiro atoms. The van der Waals surface area contributed by atoms with Gasteiger partial charge in [-0.25, -0.2) is 0 Å². The molecule has 84 valence electrons. The minimum Gasteiger partial charge on any atom is -0.396 e. The summed E-state index contributed by atoms with van der Waals surface area (Å²) in [6.07, 6.45) is 5.67. The van der Waals surface area contributed by atoms with Gasteiger partial charge < -0.3 is 15.3 Å². The van der Waals surface area contributed by atoms with Crippen LogP contribution in [0.1, 0.15) is 32.6 Å². The lowest BCUT2D eigenvalue weighted by atomic mass is 9.96. The topological polar surface area (TPSA) is 60.7 Å². The number of aliphatic hydroxyl groups excluding tert-OH is 3. The van der Waals surface area contributed by atoms with E-state index in [4.69, 9.17) is 15.3 Å². The van der Waals surface area contributed by atoms with Gasteiger partial charge in [-0.1, -0.05) is 25.8 Å². The van der Waals surface area contributed by atoms with Crippen molar-refractivity contribution in [2.75, 3.05) is 19.8 Å². The van der Waals surface area contributed by atoms with Gasteiger partial charge in [-0.3, -0.25) is 0 Å². The zero-order valence-corrected chi connectivity index (χ0v) is 8.95. The van der Waals surface area contributed by atoms with E-state index in [0.717, 1.165) is 24.8 Å². The monoisotopic (exact) mass is 202 g/mol. The van der Waals surface area contributed by atoms with Crippen LogP contribution in [-0.2, 0) is 0 Å². The number of unbranched alkanes of at least 4 members (excludes halogenated alkanes) is 2. The minimum absolute atomic E-state index is 0.000914. The summed E-state index contributed by atoms with van der Waals surface area (Å²) in [4.78, 5) is 0. The van der Waals surface area contributed by atoms with Crippen molar-refractivity contribution in [1.29, 1.82) is 0 Å². The Bertz CT molecular complexity index is 155. The Kier molecular flexibility index (Phi) is 8.94. The number of hydrogen-bond donors (Lipinski definition) is 3. The predicted octanol–water partition coefficient (Wildman–Crippen LogP) is 1.09. The highest BCUT2D eigenvalue weighted by Gasteiger charge is 2.11. The summed E-state index contributed by atoms with van der Waals surface area (Å²) >= 11 is 0. The highest BCUT2D eigenvalue weighted by Crippen LogP contribution is 2.15. The molecule has 0 aromatic rings. The van der Waals surface area contributed by atoms with Crippen LogP contribution in [0.4, 0.5) is 0 Å². The molecular weight excluding hydrogens is 180 g/mol. The predicted molar refractivity (Wildman–Crippen MR) is 57.0 cm³/mol. The van der Waals surface area contributed by atoms with Gasteiger partial charge >= 0.3 is 0 Å². The lowest BCUT2D eigenvalue weighted by molar-refractivity contribution is 0.189. The second kappa shape index (κ2) is 9.19. The van der Waals surface area contributed by atoms with Crippen LogP contribution in [-0.4, -0.2) is 35.1 Å². The molecule has 0 aromatic heterocycles. The Hall–Kier alpha value is -0.380. The first-order chi connectivity index (χ1) is 6.79. The maximum absolute atomic E-state index is 9.09. The van der Waals surface area contributed by atoms with Gasteiger partial charge in [0.15, 0.2) is 0 Å². The van der Waals surface area contributed by atoms with Crippen molar-refractivity contribution in [2.24, 2.45) is 5.92 Å².